The number of imidazole rings is 1. The third-order valence-corrected chi connectivity index (χ3v) is 5.04. The summed E-state index contributed by atoms with van der Waals surface area (Å²) < 4.78 is 3.37. The third kappa shape index (κ3) is 2.00. The van der Waals surface area contributed by atoms with Gasteiger partial charge in [0.25, 0.3) is 0 Å². The normalized spacial score (nSPS) is 18.3. The van der Waals surface area contributed by atoms with Crippen molar-refractivity contribution in [3.63, 3.8) is 0 Å². The summed E-state index contributed by atoms with van der Waals surface area (Å²) in [6.07, 6.45) is 5.03. The van der Waals surface area contributed by atoms with Crippen LogP contribution in [-0.2, 0) is 14.1 Å². The molecule has 0 bridgehead atoms. The molecule has 102 valence electrons. The Hall–Kier alpha value is -1.22. The number of aromatic nitrogens is 2. The minimum absolute atomic E-state index is 0.0131. The molecule has 1 heterocycles. The fourth-order valence-electron chi connectivity index (χ4n) is 3.22. The van der Waals surface area contributed by atoms with Crippen molar-refractivity contribution in [2.75, 3.05) is 0 Å². The molecule has 1 aliphatic rings. The summed E-state index contributed by atoms with van der Waals surface area (Å²) in [5, 5.41) is 0.0715. The Morgan fingerprint density at radius 3 is 2.47 bits per heavy atom. The second-order valence-electron chi connectivity index (χ2n) is 5.60. The van der Waals surface area contributed by atoms with E-state index in [0.29, 0.717) is 5.92 Å². The fraction of sp³-hybridized carbons (Fsp3) is 0.533. The fourth-order valence-corrected chi connectivity index (χ4v) is 3.61. The summed E-state index contributed by atoms with van der Waals surface area (Å²) in [4.78, 5) is 11.9. The number of rotatable bonds is 2. The highest BCUT2D eigenvalue weighted by Crippen LogP contribution is 2.40. The van der Waals surface area contributed by atoms with E-state index < -0.39 is 0 Å². The molecule has 19 heavy (non-hydrogen) atoms. The molecule has 1 aliphatic carbocycles. The van der Waals surface area contributed by atoms with Crippen molar-refractivity contribution >= 4 is 22.6 Å². The predicted octanol–water partition coefficient (Wildman–Crippen LogP) is 3.35. The lowest BCUT2D eigenvalue weighted by Crippen LogP contribution is -2.19. The molecule has 1 saturated carbocycles. The first-order valence-electron chi connectivity index (χ1n) is 6.89. The molecular formula is C15H19ClN2O. The Balaban J connectivity index is 2.06. The number of alkyl halides is 1. The van der Waals surface area contributed by atoms with Gasteiger partial charge in [0.05, 0.1) is 16.4 Å². The van der Waals surface area contributed by atoms with Crippen molar-refractivity contribution in [2.45, 2.75) is 31.1 Å². The van der Waals surface area contributed by atoms with Gasteiger partial charge in [-0.15, -0.1) is 11.6 Å². The SMILES string of the molecule is Cn1c(=O)n(C)c2cc(C(Cl)C3CCCC3)ccc21. The van der Waals surface area contributed by atoms with Crippen LogP contribution in [0.25, 0.3) is 11.0 Å². The standard InChI is InChI=1S/C15H19ClN2O/c1-17-12-8-7-11(9-13(12)18(2)15(17)19)14(16)10-5-3-4-6-10/h7-10,14H,3-6H2,1-2H3. The first kappa shape index (κ1) is 12.8. The molecule has 1 atom stereocenters. The van der Waals surface area contributed by atoms with E-state index in [0.717, 1.165) is 16.6 Å². The van der Waals surface area contributed by atoms with Crippen LogP contribution in [0, 0.1) is 5.92 Å². The number of fused-ring (bicyclic) bond motifs is 1. The van der Waals surface area contributed by atoms with E-state index in [-0.39, 0.29) is 11.1 Å². The topological polar surface area (TPSA) is 26.9 Å². The second-order valence-corrected chi connectivity index (χ2v) is 6.07. The second kappa shape index (κ2) is 4.71. The Morgan fingerprint density at radius 1 is 1.16 bits per heavy atom. The van der Waals surface area contributed by atoms with Crippen LogP contribution in [0.3, 0.4) is 0 Å². The van der Waals surface area contributed by atoms with Crippen LogP contribution in [0.2, 0.25) is 0 Å². The molecule has 0 radical (unpaired) electrons. The average molecular weight is 279 g/mol. The van der Waals surface area contributed by atoms with E-state index in [1.807, 2.05) is 13.1 Å². The molecule has 1 aromatic carbocycles. The lowest BCUT2D eigenvalue weighted by molar-refractivity contribution is 0.529. The van der Waals surface area contributed by atoms with Gasteiger partial charge in [0.15, 0.2) is 0 Å². The molecule has 0 amide bonds. The van der Waals surface area contributed by atoms with Crippen LogP contribution in [0.4, 0.5) is 0 Å². The summed E-state index contributed by atoms with van der Waals surface area (Å²) in [6.45, 7) is 0. The monoisotopic (exact) mass is 278 g/mol. The summed E-state index contributed by atoms with van der Waals surface area (Å²) in [7, 11) is 3.62. The highest BCUT2D eigenvalue weighted by molar-refractivity contribution is 6.21. The van der Waals surface area contributed by atoms with E-state index in [9.17, 15) is 4.79 Å². The van der Waals surface area contributed by atoms with E-state index in [2.05, 4.69) is 12.1 Å². The van der Waals surface area contributed by atoms with Crippen molar-refractivity contribution in [2.24, 2.45) is 20.0 Å². The van der Waals surface area contributed by atoms with Crippen LogP contribution < -0.4 is 5.69 Å². The Kier molecular flexibility index (Phi) is 3.17. The average Bonchev–Trinajstić information content (AvgIpc) is 3.03. The van der Waals surface area contributed by atoms with Gasteiger partial charge in [-0.25, -0.2) is 4.79 Å². The molecule has 3 nitrogen and oxygen atoms in total. The molecule has 4 heteroatoms. The minimum atomic E-state index is 0.0131. The third-order valence-electron chi connectivity index (χ3n) is 4.43. The van der Waals surface area contributed by atoms with Gasteiger partial charge in [-0.3, -0.25) is 9.13 Å². The van der Waals surface area contributed by atoms with Gasteiger partial charge in [0, 0.05) is 14.1 Å². The van der Waals surface area contributed by atoms with Gasteiger partial charge in [-0.05, 0) is 36.5 Å². The summed E-state index contributed by atoms with van der Waals surface area (Å²) in [5.41, 5.74) is 3.08. The highest BCUT2D eigenvalue weighted by atomic mass is 35.5. The van der Waals surface area contributed by atoms with E-state index in [1.54, 1.807) is 16.2 Å². The quantitative estimate of drug-likeness (QED) is 0.774. The largest absolute Gasteiger partial charge is 0.328 e. The highest BCUT2D eigenvalue weighted by Gasteiger charge is 2.25. The van der Waals surface area contributed by atoms with Crippen molar-refractivity contribution < 1.29 is 0 Å². The van der Waals surface area contributed by atoms with E-state index in [4.69, 9.17) is 11.6 Å². The maximum absolute atomic E-state index is 11.9. The zero-order valence-electron chi connectivity index (χ0n) is 11.4. The number of aryl methyl sites for hydroxylation is 2. The Bertz CT molecular complexity index is 665. The lowest BCUT2D eigenvalue weighted by atomic mass is 9.97. The van der Waals surface area contributed by atoms with Gasteiger partial charge in [-0.1, -0.05) is 18.9 Å². The molecule has 1 fully saturated rings. The van der Waals surface area contributed by atoms with Crippen LogP contribution in [-0.4, -0.2) is 9.13 Å². The molecule has 0 saturated heterocycles. The number of hydrogen-bond donors (Lipinski definition) is 0. The Labute approximate surface area is 117 Å². The van der Waals surface area contributed by atoms with Gasteiger partial charge in [0.2, 0.25) is 0 Å². The molecule has 2 aromatic rings. The van der Waals surface area contributed by atoms with Crippen LogP contribution in [0.15, 0.2) is 23.0 Å². The number of benzene rings is 1. The molecule has 0 spiro atoms. The lowest BCUT2D eigenvalue weighted by Gasteiger charge is -2.17. The van der Waals surface area contributed by atoms with Crippen molar-refractivity contribution in [3.05, 3.63) is 34.2 Å². The summed E-state index contributed by atoms with van der Waals surface area (Å²) in [6, 6.07) is 6.15. The smallest absolute Gasteiger partial charge is 0.295 e. The van der Waals surface area contributed by atoms with Crippen LogP contribution in [0.1, 0.15) is 36.6 Å². The molecule has 1 aromatic heterocycles. The number of halogens is 1. The van der Waals surface area contributed by atoms with E-state index >= 15 is 0 Å². The molecule has 0 aliphatic heterocycles. The minimum Gasteiger partial charge on any atom is -0.295 e. The number of hydrogen-bond acceptors (Lipinski definition) is 1. The summed E-state index contributed by atoms with van der Waals surface area (Å²) >= 11 is 6.62. The van der Waals surface area contributed by atoms with Crippen LogP contribution >= 0.6 is 11.6 Å². The van der Waals surface area contributed by atoms with Gasteiger partial charge in [0.1, 0.15) is 0 Å². The molecular weight excluding hydrogens is 260 g/mol. The maximum Gasteiger partial charge on any atom is 0.328 e. The van der Waals surface area contributed by atoms with E-state index in [1.165, 1.54) is 25.7 Å². The zero-order chi connectivity index (χ0) is 13.6. The predicted molar refractivity (Wildman–Crippen MR) is 78.7 cm³/mol. The first-order chi connectivity index (χ1) is 9.09. The van der Waals surface area contributed by atoms with Gasteiger partial charge >= 0.3 is 5.69 Å². The summed E-state index contributed by atoms with van der Waals surface area (Å²) in [5.74, 6) is 0.583. The Morgan fingerprint density at radius 2 is 1.79 bits per heavy atom. The molecule has 1 unspecified atom stereocenters. The molecule has 0 N–H and O–H groups in total. The van der Waals surface area contributed by atoms with Gasteiger partial charge < -0.3 is 0 Å². The number of nitrogens with zero attached hydrogens (tertiary/aromatic N) is 2. The molecule has 3 rings (SSSR count). The van der Waals surface area contributed by atoms with Crippen molar-refractivity contribution in [3.8, 4) is 0 Å². The first-order valence-corrected chi connectivity index (χ1v) is 7.32. The van der Waals surface area contributed by atoms with Crippen LogP contribution in [0.5, 0.6) is 0 Å². The van der Waals surface area contributed by atoms with Crippen molar-refractivity contribution in [1.29, 1.82) is 0 Å². The van der Waals surface area contributed by atoms with Gasteiger partial charge in [-0.2, -0.15) is 0 Å². The zero-order valence-corrected chi connectivity index (χ0v) is 12.2. The van der Waals surface area contributed by atoms with Crippen molar-refractivity contribution in [1.82, 2.24) is 9.13 Å². The maximum atomic E-state index is 11.9.